The zero-order valence-corrected chi connectivity index (χ0v) is 16.6. The van der Waals surface area contributed by atoms with E-state index in [1.54, 1.807) is 0 Å². The van der Waals surface area contributed by atoms with Crippen LogP contribution in [0.2, 0.25) is 0 Å². The Hall–Kier alpha value is -1.89. The molecule has 2 aromatic carbocycles. The van der Waals surface area contributed by atoms with Crippen LogP contribution in [0, 0.1) is 0 Å². The van der Waals surface area contributed by atoms with Gasteiger partial charge in [-0.15, -0.1) is 0 Å². The topological polar surface area (TPSA) is 3.01 Å². The molecule has 0 fully saturated rings. The average Bonchev–Trinajstić information content (AvgIpc) is 2.90. The lowest BCUT2D eigenvalue weighted by Crippen LogP contribution is -2.21. The van der Waals surface area contributed by atoms with E-state index in [4.69, 9.17) is 0 Å². The zero-order chi connectivity index (χ0) is 18.2. The van der Waals surface area contributed by atoms with Crippen molar-refractivity contribution in [3.05, 3.63) is 65.2 Å². The van der Waals surface area contributed by atoms with Gasteiger partial charge in [0.25, 0.3) is 0 Å². The largest absolute Gasteiger partial charge is 0.212 e. The predicted octanol–water partition coefficient (Wildman–Crippen LogP) is 6.40. The molecule has 2 atom stereocenters. The van der Waals surface area contributed by atoms with E-state index in [0.29, 0.717) is 17.9 Å². The van der Waals surface area contributed by atoms with Crippen molar-refractivity contribution < 1.29 is 4.58 Å². The molecule has 1 nitrogen and oxygen atoms in total. The second kappa shape index (κ2) is 6.78. The highest BCUT2D eigenvalue weighted by atomic mass is 15.1. The normalized spacial score (nSPS) is 23.4. The minimum atomic E-state index is 0.0962. The fraction of sp³-hybridized carbons (Fsp3) is 0.458. The van der Waals surface area contributed by atoms with Crippen LogP contribution in [-0.4, -0.2) is 16.8 Å². The summed E-state index contributed by atoms with van der Waals surface area (Å²) in [5, 5.41) is 0. The van der Waals surface area contributed by atoms with Gasteiger partial charge in [0.05, 0.1) is 5.41 Å². The maximum absolute atomic E-state index is 2.57. The summed E-state index contributed by atoms with van der Waals surface area (Å²) in [5.74, 6) is 1.05. The van der Waals surface area contributed by atoms with Crippen molar-refractivity contribution >= 4 is 11.9 Å². The maximum atomic E-state index is 2.57. The van der Waals surface area contributed by atoms with E-state index in [-0.39, 0.29) is 5.41 Å². The van der Waals surface area contributed by atoms with E-state index >= 15 is 0 Å². The number of rotatable bonds is 4. The molecule has 1 heterocycles. The molecule has 0 N–H and O–H groups in total. The number of para-hydroxylation sites is 1. The fourth-order valence-corrected chi connectivity index (χ4v) is 4.31. The Morgan fingerprint density at radius 1 is 0.880 bits per heavy atom. The predicted molar refractivity (Wildman–Crippen MR) is 108 cm³/mol. The lowest BCUT2D eigenvalue weighted by Gasteiger charge is -2.18. The molecule has 0 saturated heterocycles. The zero-order valence-electron chi connectivity index (χ0n) is 16.6. The minimum Gasteiger partial charge on any atom is -0.199 e. The van der Waals surface area contributed by atoms with Gasteiger partial charge in [0.15, 0.2) is 12.3 Å². The van der Waals surface area contributed by atoms with Crippen molar-refractivity contribution in [2.45, 2.75) is 71.3 Å². The number of hydrogen-bond donors (Lipinski definition) is 0. The van der Waals surface area contributed by atoms with Gasteiger partial charge in [-0.3, -0.25) is 0 Å². The van der Waals surface area contributed by atoms with Crippen LogP contribution in [0.15, 0.2) is 48.5 Å². The van der Waals surface area contributed by atoms with Crippen molar-refractivity contribution in [1.82, 2.24) is 0 Å². The summed E-state index contributed by atoms with van der Waals surface area (Å²) >= 11 is 0. The van der Waals surface area contributed by atoms with Gasteiger partial charge in [-0.05, 0) is 31.2 Å². The summed E-state index contributed by atoms with van der Waals surface area (Å²) < 4.78 is 2.57. The molecule has 3 rings (SSSR count). The molecule has 1 aliphatic heterocycles. The first-order valence-corrected chi connectivity index (χ1v) is 9.66. The summed E-state index contributed by atoms with van der Waals surface area (Å²) in [4.78, 5) is 0. The SMILES string of the molecule is CC(C)c1cccc(C(C)C)c1[N+]1=C[C@@](C)(c2ccccc2)C[C@@H]1C. The van der Waals surface area contributed by atoms with Gasteiger partial charge in [0.2, 0.25) is 5.69 Å². The third kappa shape index (κ3) is 3.29. The summed E-state index contributed by atoms with van der Waals surface area (Å²) in [6.45, 7) is 14.0. The first kappa shape index (κ1) is 17.9. The Bertz CT molecular complexity index is 744. The minimum absolute atomic E-state index is 0.0962. The second-order valence-electron chi connectivity index (χ2n) is 8.47. The van der Waals surface area contributed by atoms with Crippen molar-refractivity contribution in [2.24, 2.45) is 0 Å². The Balaban J connectivity index is 2.18. The van der Waals surface area contributed by atoms with Crippen molar-refractivity contribution in [3.63, 3.8) is 0 Å². The van der Waals surface area contributed by atoms with Crippen molar-refractivity contribution in [3.8, 4) is 0 Å². The van der Waals surface area contributed by atoms with Crippen LogP contribution in [0.4, 0.5) is 5.69 Å². The molecular formula is C24H32N+. The smallest absolute Gasteiger partial charge is 0.199 e. The summed E-state index contributed by atoms with van der Waals surface area (Å²) in [7, 11) is 0. The highest BCUT2D eigenvalue weighted by Crippen LogP contribution is 2.41. The lowest BCUT2D eigenvalue weighted by molar-refractivity contribution is -0.468. The van der Waals surface area contributed by atoms with Gasteiger partial charge in [0, 0.05) is 17.5 Å². The molecule has 1 heteroatoms. The van der Waals surface area contributed by atoms with E-state index in [9.17, 15) is 0 Å². The van der Waals surface area contributed by atoms with Crippen LogP contribution in [0.3, 0.4) is 0 Å². The third-order valence-corrected chi connectivity index (χ3v) is 5.65. The van der Waals surface area contributed by atoms with E-state index in [0.717, 1.165) is 6.42 Å². The summed E-state index contributed by atoms with van der Waals surface area (Å²) in [6, 6.07) is 18.3. The Labute approximate surface area is 153 Å². The molecule has 0 unspecified atom stereocenters. The molecule has 132 valence electrons. The Morgan fingerprint density at radius 2 is 1.44 bits per heavy atom. The van der Waals surface area contributed by atoms with Gasteiger partial charge in [-0.25, -0.2) is 0 Å². The van der Waals surface area contributed by atoms with Gasteiger partial charge in [-0.2, -0.15) is 4.58 Å². The van der Waals surface area contributed by atoms with E-state index < -0.39 is 0 Å². The van der Waals surface area contributed by atoms with Gasteiger partial charge < -0.3 is 0 Å². The fourth-order valence-electron chi connectivity index (χ4n) is 4.31. The molecule has 2 aromatic rings. The average molecular weight is 335 g/mol. The van der Waals surface area contributed by atoms with Gasteiger partial charge >= 0.3 is 0 Å². The molecule has 0 spiro atoms. The number of nitrogens with zero attached hydrogens (tertiary/aromatic N) is 1. The number of hydrogen-bond acceptors (Lipinski definition) is 0. The molecule has 0 aromatic heterocycles. The second-order valence-corrected chi connectivity index (χ2v) is 8.47. The van der Waals surface area contributed by atoms with Gasteiger partial charge in [0.1, 0.15) is 0 Å². The lowest BCUT2D eigenvalue weighted by atomic mass is 9.81. The summed E-state index contributed by atoms with van der Waals surface area (Å²) in [6.07, 6.45) is 3.64. The molecule has 1 aliphatic rings. The quantitative estimate of drug-likeness (QED) is 0.569. The van der Waals surface area contributed by atoms with E-state index in [1.165, 1.54) is 22.4 Å². The van der Waals surface area contributed by atoms with E-state index in [1.807, 2.05) is 0 Å². The Morgan fingerprint density at radius 3 is 1.96 bits per heavy atom. The monoisotopic (exact) mass is 334 g/mol. The van der Waals surface area contributed by atoms with Crippen molar-refractivity contribution in [1.29, 1.82) is 0 Å². The van der Waals surface area contributed by atoms with E-state index in [2.05, 4.69) is 101 Å². The van der Waals surface area contributed by atoms with Crippen LogP contribution in [0.5, 0.6) is 0 Å². The van der Waals surface area contributed by atoms with Crippen LogP contribution < -0.4 is 0 Å². The van der Waals surface area contributed by atoms with Crippen LogP contribution in [0.1, 0.15) is 76.5 Å². The molecule has 0 radical (unpaired) electrons. The molecule has 0 aliphatic carbocycles. The first-order valence-electron chi connectivity index (χ1n) is 9.66. The first-order chi connectivity index (χ1) is 11.8. The van der Waals surface area contributed by atoms with Crippen LogP contribution >= 0.6 is 0 Å². The highest BCUT2D eigenvalue weighted by molar-refractivity contribution is 5.73. The van der Waals surface area contributed by atoms with Crippen LogP contribution in [-0.2, 0) is 5.41 Å². The molecule has 0 amide bonds. The third-order valence-electron chi connectivity index (χ3n) is 5.65. The Kier molecular flexibility index (Phi) is 4.86. The van der Waals surface area contributed by atoms with Crippen LogP contribution in [0.25, 0.3) is 0 Å². The highest BCUT2D eigenvalue weighted by Gasteiger charge is 2.43. The number of benzene rings is 2. The standard InChI is InChI=1S/C24H32N/c1-17(2)21-13-10-14-22(18(3)4)23(21)25-16-24(6,15-19(25)5)20-11-8-7-9-12-20/h7-14,16-19H,15H2,1-6H3/q+1/t19-,24-/m0/s1. The molecule has 0 saturated carbocycles. The molecular weight excluding hydrogens is 302 g/mol. The molecule has 25 heavy (non-hydrogen) atoms. The van der Waals surface area contributed by atoms with Gasteiger partial charge in [-0.1, -0.05) is 76.2 Å². The molecule has 0 bridgehead atoms. The summed E-state index contributed by atoms with van der Waals surface area (Å²) in [5.41, 5.74) is 5.88. The maximum Gasteiger partial charge on any atom is 0.212 e. The van der Waals surface area contributed by atoms with Crippen molar-refractivity contribution in [2.75, 3.05) is 0 Å².